The van der Waals surface area contributed by atoms with Crippen LogP contribution in [0, 0.1) is 5.92 Å². The third-order valence-corrected chi connectivity index (χ3v) is 5.81. The van der Waals surface area contributed by atoms with Gasteiger partial charge in [0.15, 0.2) is 5.96 Å². The largest absolute Gasteiger partial charge is 0.356 e. The zero-order valence-electron chi connectivity index (χ0n) is 17.2. The van der Waals surface area contributed by atoms with Crippen LogP contribution in [0.25, 0.3) is 0 Å². The van der Waals surface area contributed by atoms with Gasteiger partial charge in [-0.2, -0.15) is 0 Å². The van der Waals surface area contributed by atoms with Gasteiger partial charge in [0.05, 0.1) is 0 Å². The monoisotopic (exact) mass is 385 g/mol. The highest BCUT2D eigenvalue weighted by Gasteiger charge is 2.17. The van der Waals surface area contributed by atoms with Gasteiger partial charge in [0.2, 0.25) is 0 Å². The maximum atomic E-state index is 12.3. The number of nitrogens with one attached hydrogen (secondary N) is 3. The number of carbonyl (C=O) groups is 1. The molecule has 1 saturated carbocycles. The lowest BCUT2D eigenvalue weighted by Gasteiger charge is -2.17. The number of rotatable bonds is 7. The number of amides is 2. The van der Waals surface area contributed by atoms with Crippen molar-refractivity contribution in [2.45, 2.75) is 57.9 Å². The van der Waals surface area contributed by atoms with Crippen LogP contribution >= 0.6 is 0 Å². The first kappa shape index (κ1) is 20.5. The van der Waals surface area contributed by atoms with Gasteiger partial charge in [0.25, 0.3) is 0 Å². The van der Waals surface area contributed by atoms with Crippen LogP contribution in [0.1, 0.15) is 56.9 Å². The minimum absolute atomic E-state index is 0.00217. The van der Waals surface area contributed by atoms with Crippen LogP contribution < -0.4 is 16.0 Å². The Hall–Kier alpha value is -2.24. The Bertz CT molecular complexity index is 648. The summed E-state index contributed by atoms with van der Waals surface area (Å²) >= 11 is 0. The normalized spacial score (nSPS) is 17.8. The van der Waals surface area contributed by atoms with E-state index >= 15 is 0 Å². The average molecular weight is 386 g/mol. The van der Waals surface area contributed by atoms with Crippen LogP contribution in [-0.2, 0) is 6.54 Å². The summed E-state index contributed by atoms with van der Waals surface area (Å²) in [5.41, 5.74) is 1.96. The molecule has 3 rings (SSSR count). The Kier molecular flexibility index (Phi) is 8.00. The molecule has 1 aromatic carbocycles. The van der Waals surface area contributed by atoms with Crippen LogP contribution in [-0.4, -0.2) is 43.6 Å². The average Bonchev–Trinajstić information content (AvgIpc) is 3.42. The number of carbonyl (C=O) groups excluding carboxylic acids is 1. The Balaban J connectivity index is 1.39. The number of nitrogens with zero attached hydrogens (tertiary/aromatic N) is 2. The predicted molar refractivity (Wildman–Crippen MR) is 116 cm³/mol. The molecule has 2 fully saturated rings. The number of benzene rings is 1. The molecule has 2 amide bonds. The highest BCUT2D eigenvalue weighted by atomic mass is 16.2. The first-order chi connectivity index (χ1) is 13.7. The highest BCUT2D eigenvalue weighted by molar-refractivity contribution is 5.89. The molecular weight excluding hydrogens is 350 g/mol. The molecule has 6 heteroatoms. The van der Waals surface area contributed by atoms with E-state index in [0.29, 0.717) is 6.54 Å². The van der Waals surface area contributed by atoms with Crippen molar-refractivity contribution in [3.8, 4) is 0 Å². The molecule has 2 aliphatic rings. The van der Waals surface area contributed by atoms with E-state index < -0.39 is 0 Å². The van der Waals surface area contributed by atoms with E-state index in [1.807, 2.05) is 23.1 Å². The van der Waals surface area contributed by atoms with Crippen LogP contribution in [0.3, 0.4) is 0 Å². The van der Waals surface area contributed by atoms with Crippen LogP contribution in [0.2, 0.25) is 0 Å². The van der Waals surface area contributed by atoms with Crippen molar-refractivity contribution >= 4 is 17.7 Å². The Morgan fingerprint density at radius 2 is 1.93 bits per heavy atom. The second kappa shape index (κ2) is 10.9. The standard InChI is InChI=1S/C22H35N5O/c1-23-21(24-13-7-11-18-8-2-3-9-18)25-17-19-10-6-12-20(16-19)26-22(28)27-14-4-5-15-27/h6,10,12,16,18H,2-5,7-9,11,13-15,17H2,1H3,(H,26,28)(H2,23,24,25). The second-order valence-corrected chi connectivity index (χ2v) is 7.97. The fraction of sp³-hybridized carbons (Fsp3) is 0.636. The molecule has 0 radical (unpaired) electrons. The molecule has 0 spiro atoms. The number of anilines is 1. The lowest BCUT2D eigenvalue weighted by Crippen LogP contribution is -2.37. The van der Waals surface area contributed by atoms with Gasteiger partial charge >= 0.3 is 6.03 Å². The number of guanidine groups is 1. The second-order valence-electron chi connectivity index (χ2n) is 7.97. The van der Waals surface area contributed by atoms with Gasteiger partial charge < -0.3 is 20.9 Å². The van der Waals surface area contributed by atoms with Crippen LogP contribution in [0.15, 0.2) is 29.3 Å². The molecule has 0 atom stereocenters. The fourth-order valence-corrected chi connectivity index (χ4v) is 4.18. The van der Waals surface area contributed by atoms with Crippen molar-refractivity contribution in [2.75, 3.05) is 32.0 Å². The summed E-state index contributed by atoms with van der Waals surface area (Å²) in [4.78, 5) is 18.4. The van der Waals surface area contributed by atoms with Crippen molar-refractivity contribution in [2.24, 2.45) is 10.9 Å². The first-order valence-electron chi connectivity index (χ1n) is 10.8. The number of likely N-dealkylation sites (tertiary alicyclic amines) is 1. The van der Waals surface area contributed by atoms with Gasteiger partial charge in [0.1, 0.15) is 0 Å². The first-order valence-corrected chi connectivity index (χ1v) is 10.8. The Morgan fingerprint density at radius 1 is 1.14 bits per heavy atom. The number of urea groups is 1. The molecule has 0 bridgehead atoms. The molecule has 1 saturated heterocycles. The summed E-state index contributed by atoms with van der Waals surface area (Å²) in [5, 5.41) is 9.78. The van der Waals surface area contributed by atoms with Crippen molar-refractivity contribution in [1.29, 1.82) is 0 Å². The summed E-state index contributed by atoms with van der Waals surface area (Å²) in [6.07, 6.45) is 10.4. The summed E-state index contributed by atoms with van der Waals surface area (Å²) in [5.74, 6) is 1.77. The highest BCUT2D eigenvalue weighted by Crippen LogP contribution is 2.28. The number of hydrogen-bond acceptors (Lipinski definition) is 2. The van der Waals surface area contributed by atoms with E-state index in [2.05, 4.69) is 27.0 Å². The number of hydrogen-bond donors (Lipinski definition) is 3. The molecule has 1 aromatic rings. The molecular formula is C22H35N5O. The zero-order valence-corrected chi connectivity index (χ0v) is 17.2. The third-order valence-electron chi connectivity index (χ3n) is 5.81. The summed E-state index contributed by atoms with van der Waals surface area (Å²) in [7, 11) is 1.80. The molecule has 154 valence electrons. The maximum absolute atomic E-state index is 12.3. The van der Waals surface area contributed by atoms with Gasteiger partial charge in [0, 0.05) is 38.9 Å². The minimum atomic E-state index is 0.00217. The third kappa shape index (κ3) is 6.43. The smallest absolute Gasteiger partial charge is 0.321 e. The Labute approximate surface area is 169 Å². The SMILES string of the molecule is CN=C(NCCCC1CCCC1)NCc1cccc(NC(=O)N2CCCC2)c1. The topological polar surface area (TPSA) is 68.8 Å². The summed E-state index contributed by atoms with van der Waals surface area (Å²) in [6, 6.07) is 8.00. The van der Waals surface area contributed by atoms with E-state index in [1.54, 1.807) is 7.05 Å². The molecule has 0 aromatic heterocycles. The molecule has 1 heterocycles. The zero-order chi connectivity index (χ0) is 19.6. The quantitative estimate of drug-likeness (QED) is 0.378. The maximum Gasteiger partial charge on any atom is 0.321 e. The van der Waals surface area contributed by atoms with Gasteiger partial charge in [-0.25, -0.2) is 4.79 Å². The molecule has 1 aliphatic carbocycles. The molecule has 0 unspecified atom stereocenters. The fourth-order valence-electron chi connectivity index (χ4n) is 4.18. The summed E-state index contributed by atoms with van der Waals surface area (Å²) in [6.45, 7) is 3.35. The lowest BCUT2D eigenvalue weighted by molar-refractivity contribution is 0.222. The molecule has 6 nitrogen and oxygen atoms in total. The molecule has 1 aliphatic heterocycles. The lowest BCUT2D eigenvalue weighted by atomic mass is 10.0. The van der Waals surface area contributed by atoms with Gasteiger partial charge in [-0.1, -0.05) is 37.8 Å². The minimum Gasteiger partial charge on any atom is -0.356 e. The molecule has 28 heavy (non-hydrogen) atoms. The predicted octanol–water partition coefficient (Wildman–Crippen LogP) is 3.95. The van der Waals surface area contributed by atoms with Crippen molar-refractivity contribution < 1.29 is 4.79 Å². The van der Waals surface area contributed by atoms with E-state index in [1.165, 1.54) is 38.5 Å². The van der Waals surface area contributed by atoms with Crippen molar-refractivity contribution in [3.05, 3.63) is 29.8 Å². The van der Waals surface area contributed by atoms with E-state index in [0.717, 1.165) is 55.6 Å². The van der Waals surface area contributed by atoms with Gasteiger partial charge in [-0.15, -0.1) is 0 Å². The van der Waals surface area contributed by atoms with E-state index in [-0.39, 0.29) is 6.03 Å². The molecule has 3 N–H and O–H groups in total. The van der Waals surface area contributed by atoms with Gasteiger partial charge in [-0.3, -0.25) is 4.99 Å². The van der Waals surface area contributed by atoms with Crippen molar-refractivity contribution in [3.63, 3.8) is 0 Å². The van der Waals surface area contributed by atoms with E-state index in [4.69, 9.17) is 0 Å². The number of aliphatic imine (C=N–C) groups is 1. The van der Waals surface area contributed by atoms with Crippen LogP contribution in [0.4, 0.5) is 10.5 Å². The summed E-state index contributed by atoms with van der Waals surface area (Å²) < 4.78 is 0. The Morgan fingerprint density at radius 3 is 2.68 bits per heavy atom. The van der Waals surface area contributed by atoms with Crippen LogP contribution in [0.5, 0.6) is 0 Å². The van der Waals surface area contributed by atoms with E-state index in [9.17, 15) is 4.79 Å². The van der Waals surface area contributed by atoms with Gasteiger partial charge in [-0.05, 0) is 49.3 Å². The van der Waals surface area contributed by atoms with Crippen molar-refractivity contribution in [1.82, 2.24) is 15.5 Å².